The number of carbonyl (C=O) groups is 1. The summed E-state index contributed by atoms with van der Waals surface area (Å²) in [5, 5.41) is 0. The standard InChI is InChI=1S/C2H5NO.CHF3/c1-2(3)4;2-1(3)4/h1H3,(H2,3,4);1H. The molecule has 0 saturated carbocycles. The third-order valence-corrected chi connectivity index (χ3v) is 0. The van der Waals surface area contributed by atoms with Crippen molar-refractivity contribution in [3.8, 4) is 0 Å². The van der Waals surface area contributed by atoms with Gasteiger partial charge in [0.05, 0.1) is 0 Å². The van der Waals surface area contributed by atoms with Crippen LogP contribution in [-0.2, 0) is 4.79 Å². The second-order valence-electron chi connectivity index (χ2n) is 0.858. The Labute approximate surface area is 44.5 Å². The highest BCUT2D eigenvalue weighted by atomic mass is 19.4. The van der Waals surface area contributed by atoms with E-state index >= 15 is 0 Å². The first-order valence-electron chi connectivity index (χ1n) is 1.65. The summed E-state index contributed by atoms with van der Waals surface area (Å²) in [6.07, 6.45) is 0. The molecule has 0 radical (unpaired) electrons. The van der Waals surface area contributed by atoms with Crippen molar-refractivity contribution < 1.29 is 18.0 Å². The van der Waals surface area contributed by atoms with Gasteiger partial charge in [-0.3, -0.25) is 4.79 Å². The van der Waals surface area contributed by atoms with Gasteiger partial charge in [0.15, 0.2) is 0 Å². The first-order chi connectivity index (χ1) is 3.46. The minimum atomic E-state index is -3.67. The van der Waals surface area contributed by atoms with Gasteiger partial charge in [-0.05, 0) is 0 Å². The van der Waals surface area contributed by atoms with Gasteiger partial charge < -0.3 is 5.73 Å². The molecule has 0 atom stereocenters. The lowest BCUT2D eigenvalue weighted by molar-refractivity contribution is -0.115. The molecule has 2 nitrogen and oxygen atoms in total. The number of carbonyl (C=O) groups excluding carboxylic acids is 1. The van der Waals surface area contributed by atoms with Gasteiger partial charge in [-0.2, -0.15) is 13.2 Å². The molecule has 0 unspecified atom stereocenters. The van der Waals surface area contributed by atoms with Crippen molar-refractivity contribution in [1.29, 1.82) is 0 Å². The molecule has 0 aliphatic rings. The van der Waals surface area contributed by atoms with Crippen LogP contribution in [0.4, 0.5) is 13.2 Å². The van der Waals surface area contributed by atoms with Crippen LogP contribution < -0.4 is 5.73 Å². The molecule has 0 aliphatic heterocycles. The zero-order chi connectivity index (χ0) is 7.15. The van der Waals surface area contributed by atoms with E-state index in [0.29, 0.717) is 0 Å². The Bertz CT molecular complexity index is 58.8. The van der Waals surface area contributed by atoms with Crippen LogP contribution in [0, 0.1) is 0 Å². The average molecular weight is 129 g/mol. The number of nitrogens with two attached hydrogens (primary N) is 1. The van der Waals surface area contributed by atoms with Crippen LogP contribution in [0.5, 0.6) is 0 Å². The van der Waals surface area contributed by atoms with E-state index in [-0.39, 0.29) is 5.91 Å². The van der Waals surface area contributed by atoms with Gasteiger partial charge >= 0.3 is 6.68 Å². The summed E-state index contributed by atoms with van der Waals surface area (Å²) in [4.78, 5) is 9.22. The van der Waals surface area contributed by atoms with Gasteiger partial charge in [0.1, 0.15) is 0 Å². The first kappa shape index (κ1) is 10.3. The van der Waals surface area contributed by atoms with Crippen molar-refractivity contribution >= 4 is 5.91 Å². The second kappa shape index (κ2) is 6.26. The number of amides is 1. The lowest BCUT2D eigenvalue weighted by Crippen LogP contribution is -2.01. The smallest absolute Gasteiger partial charge is 0.370 e. The van der Waals surface area contributed by atoms with Crippen LogP contribution in [0.15, 0.2) is 0 Å². The van der Waals surface area contributed by atoms with Gasteiger partial charge in [-0.25, -0.2) is 0 Å². The van der Waals surface area contributed by atoms with Crippen molar-refractivity contribution in [2.75, 3.05) is 0 Å². The van der Waals surface area contributed by atoms with Gasteiger partial charge in [-0.1, -0.05) is 0 Å². The first-order valence-corrected chi connectivity index (χ1v) is 1.65. The molecule has 0 rings (SSSR count). The predicted molar refractivity (Wildman–Crippen MR) is 22.0 cm³/mol. The van der Waals surface area contributed by atoms with E-state index in [4.69, 9.17) is 0 Å². The molecule has 0 heterocycles. The molecule has 0 spiro atoms. The molecule has 5 heteroatoms. The third kappa shape index (κ3) is 174. The fourth-order valence-electron chi connectivity index (χ4n) is 0. The van der Waals surface area contributed by atoms with Crippen molar-refractivity contribution in [1.82, 2.24) is 0 Å². The summed E-state index contributed by atoms with van der Waals surface area (Å²) in [5.74, 6) is -0.333. The number of alkyl halides is 3. The van der Waals surface area contributed by atoms with Crippen molar-refractivity contribution in [2.45, 2.75) is 13.6 Å². The van der Waals surface area contributed by atoms with E-state index < -0.39 is 6.68 Å². The van der Waals surface area contributed by atoms with Crippen LogP contribution in [0.25, 0.3) is 0 Å². The third-order valence-electron chi connectivity index (χ3n) is 0. The lowest BCUT2D eigenvalue weighted by atomic mass is 10.8. The summed E-state index contributed by atoms with van der Waals surface area (Å²) in [6, 6.07) is 0. The van der Waals surface area contributed by atoms with E-state index in [1.165, 1.54) is 6.92 Å². The summed E-state index contributed by atoms with van der Waals surface area (Å²) in [6.45, 7) is -2.36. The summed E-state index contributed by atoms with van der Waals surface area (Å²) < 4.78 is 29.0. The molecule has 0 aromatic rings. The molecular weight excluding hydrogens is 123 g/mol. The monoisotopic (exact) mass is 129 g/mol. The quantitative estimate of drug-likeness (QED) is 0.513. The van der Waals surface area contributed by atoms with Crippen LogP contribution >= 0.6 is 0 Å². The van der Waals surface area contributed by atoms with Crippen LogP contribution in [0.1, 0.15) is 6.92 Å². The molecule has 0 bridgehead atoms. The number of rotatable bonds is 0. The van der Waals surface area contributed by atoms with E-state index in [2.05, 4.69) is 5.73 Å². The second-order valence-corrected chi connectivity index (χ2v) is 0.858. The Morgan fingerprint density at radius 2 is 1.50 bits per heavy atom. The lowest BCUT2D eigenvalue weighted by Gasteiger charge is -1.65. The van der Waals surface area contributed by atoms with E-state index in [1.807, 2.05) is 0 Å². The Morgan fingerprint density at radius 3 is 1.50 bits per heavy atom. The maximum Gasteiger partial charge on any atom is 0.379 e. The van der Waals surface area contributed by atoms with Gasteiger partial charge in [0.2, 0.25) is 5.91 Å². The Kier molecular flexibility index (Phi) is 8.05. The molecule has 8 heavy (non-hydrogen) atoms. The van der Waals surface area contributed by atoms with Crippen LogP contribution in [-0.4, -0.2) is 12.6 Å². The Morgan fingerprint density at radius 1 is 1.50 bits per heavy atom. The Hall–Kier alpha value is -0.740. The molecule has 1 amide bonds. The minimum absolute atomic E-state index is 0.333. The summed E-state index contributed by atoms with van der Waals surface area (Å²) in [7, 11) is 0. The highest BCUT2D eigenvalue weighted by Gasteiger charge is 1.86. The highest BCUT2D eigenvalue weighted by Crippen LogP contribution is 1.87. The van der Waals surface area contributed by atoms with Crippen LogP contribution in [0.3, 0.4) is 0 Å². The van der Waals surface area contributed by atoms with E-state index in [1.54, 1.807) is 0 Å². The molecule has 0 aromatic carbocycles. The molecule has 0 saturated heterocycles. The van der Waals surface area contributed by atoms with E-state index in [9.17, 15) is 18.0 Å². The number of hydrogen-bond donors (Lipinski definition) is 1. The highest BCUT2D eigenvalue weighted by molar-refractivity contribution is 5.70. The largest absolute Gasteiger partial charge is 0.379 e. The van der Waals surface area contributed by atoms with Gasteiger partial charge in [-0.15, -0.1) is 0 Å². The maximum atomic E-state index is 9.67. The van der Waals surface area contributed by atoms with Crippen molar-refractivity contribution in [3.05, 3.63) is 0 Å². The fourth-order valence-corrected chi connectivity index (χ4v) is 0. The summed E-state index contributed by atoms with van der Waals surface area (Å²) >= 11 is 0. The number of primary amides is 1. The molecule has 50 valence electrons. The van der Waals surface area contributed by atoms with Crippen LogP contribution in [0.2, 0.25) is 0 Å². The zero-order valence-electron chi connectivity index (χ0n) is 4.20. The van der Waals surface area contributed by atoms with Crippen molar-refractivity contribution in [2.24, 2.45) is 5.73 Å². The SMILES string of the molecule is CC(N)=O.FC(F)F. The average Bonchev–Trinajstić information content (AvgIpc) is 1.25. The molecule has 2 N–H and O–H groups in total. The van der Waals surface area contributed by atoms with Gasteiger partial charge in [0.25, 0.3) is 0 Å². The Balaban J connectivity index is 0. The maximum absolute atomic E-state index is 9.67. The number of hydrogen-bond acceptors (Lipinski definition) is 1. The predicted octanol–water partition coefficient (Wildman–Crippen LogP) is 0.670. The molecule has 0 aromatic heterocycles. The minimum Gasteiger partial charge on any atom is -0.370 e. The molecule has 0 fully saturated rings. The van der Waals surface area contributed by atoms with Gasteiger partial charge in [0, 0.05) is 6.92 Å². The zero-order valence-corrected chi connectivity index (χ0v) is 4.20. The molecule has 0 aliphatic carbocycles. The van der Waals surface area contributed by atoms with Crippen molar-refractivity contribution in [3.63, 3.8) is 0 Å². The molecular formula is C3H6F3NO. The number of halogens is 3. The fraction of sp³-hybridized carbons (Fsp3) is 0.667. The normalized spacial score (nSPS) is 7.62. The van der Waals surface area contributed by atoms with E-state index in [0.717, 1.165) is 0 Å². The summed E-state index contributed by atoms with van der Waals surface area (Å²) in [5.41, 5.74) is 4.47. The topological polar surface area (TPSA) is 43.1 Å².